The summed E-state index contributed by atoms with van der Waals surface area (Å²) in [5.74, 6) is 0.160. The molecule has 0 amide bonds. The summed E-state index contributed by atoms with van der Waals surface area (Å²) < 4.78 is 5.26. The minimum Gasteiger partial charge on any atom is -0.380 e. The molecule has 3 nitrogen and oxygen atoms in total. The highest BCUT2D eigenvalue weighted by Gasteiger charge is 2.08. The molecule has 0 bridgehead atoms. The van der Waals surface area contributed by atoms with Gasteiger partial charge in [0, 0.05) is 18.7 Å². The lowest BCUT2D eigenvalue weighted by Gasteiger charge is -2.15. The van der Waals surface area contributed by atoms with Gasteiger partial charge in [0.25, 0.3) is 0 Å². The molecule has 0 spiro atoms. The number of likely N-dealkylation sites (N-methyl/N-ethyl adjacent to an activating group) is 1. The van der Waals surface area contributed by atoms with Gasteiger partial charge in [-0.1, -0.05) is 23.8 Å². The number of ether oxygens (including phenoxy) is 1. The third kappa shape index (κ3) is 5.11. The van der Waals surface area contributed by atoms with Crippen molar-refractivity contribution >= 4 is 5.78 Å². The van der Waals surface area contributed by atoms with Gasteiger partial charge in [-0.25, -0.2) is 0 Å². The van der Waals surface area contributed by atoms with E-state index < -0.39 is 0 Å². The highest BCUT2D eigenvalue weighted by molar-refractivity contribution is 5.97. The average molecular weight is 235 g/mol. The van der Waals surface area contributed by atoms with Crippen LogP contribution in [-0.2, 0) is 4.74 Å². The Bertz CT molecular complexity index is 363. The maximum Gasteiger partial charge on any atom is 0.176 e. The van der Waals surface area contributed by atoms with E-state index in [1.807, 2.05) is 50.1 Å². The van der Waals surface area contributed by atoms with Gasteiger partial charge >= 0.3 is 0 Å². The maximum atomic E-state index is 12.0. The van der Waals surface area contributed by atoms with E-state index in [1.165, 1.54) is 0 Å². The summed E-state index contributed by atoms with van der Waals surface area (Å²) in [6, 6.07) is 7.71. The van der Waals surface area contributed by atoms with E-state index in [0.29, 0.717) is 13.2 Å². The summed E-state index contributed by atoms with van der Waals surface area (Å²) in [6.07, 6.45) is 0. The fourth-order valence-corrected chi connectivity index (χ4v) is 1.60. The van der Waals surface area contributed by atoms with Crippen LogP contribution in [0.15, 0.2) is 24.3 Å². The van der Waals surface area contributed by atoms with Crippen molar-refractivity contribution in [1.29, 1.82) is 0 Å². The second-order valence-electron chi connectivity index (χ2n) is 4.23. The van der Waals surface area contributed by atoms with Gasteiger partial charge in [-0.05, 0) is 27.0 Å². The van der Waals surface area contributed by atoms with Crippen LogP contribution in [0, 0.1) is 6.92 Å². The van der Waals surface area contributed by atoms with Crippen molar-refractivity contribution in [2.24, 2.45) is 0 Å². The average Bonchev–Trinajstić information content (AvgIpc) is 2.29. The molecule has 1 rings (SSSR count). The van der Waals surface area contributed by atoms with Crippen molar-refractivity contribution in [2.45, 2.75) is 13.8 Å². The lowest BCUT2D eigenvalue weighted by atomic mass is 10.1. The summed E-state index contributed by atoms with van der Waals surface area (Å²) >= 11 is 0. The zero-order valence-corrected chi connectivity index (χ0v) is 10.9. The molecule has 0 unspecified atom stereocenters. The van der Waals surface area contributed by atoms with Crippen molar-refractivity contribution < 1.29 is 9.53 Å². The van der Waals surface area contributed by atoms with Crippen LogP contribution in [0.4, 0.5) is 0 Å². The number of nitrogens with zero attached hydrogens (tertiary/aromatic N) is 1. The van der Waals surface area contributed by atoms with E-state index in [1.54, 1.807) is 0 Å². The highest BCUT2D eigenvalue weighted by Crippen LogP contribution is 2.05. The molecule has 0 aliphatic rings. The molecule has 0 fully saturated rings. The maximum absolute atomic E-state index is 12.0. The Balaban J connectivity index is 2.43. The van der Waals surface area contributed by atoms with E-state index >= 15 is 0 Å². The third-order valence-corrected chi connectivity index (χ3v) is 2.58. The zero-order valence-electron chi connectivity index (χ0n) is 10.9. The summed E-state index contributed by atoms with van der Waals surface area (Å²) in [5, 5.41) is 0. The molecular weight excluding hydrogens is 214 g/mol. The monoisotopic (exact) mass is 235 g/mol. The molecular formula is C14H21NO2. The standard InChI is InChI=1S/C14H21NO2/c1-4-17-9-8-15(3)11-14(16)13-7-5-6-12(2)10-13/h5-7,10H,4,8-9,11H2,1-3H3. The zero-order chi connectivity index (χ0) is 12.7. The van der Waals surface area contributed by atoms with E-state index in [9.17, 15) is 4.79 Å². The number of aryl methyl sites for hydroxylation is 1. The number of Topliss-reactive ketones (excluding diaryl/α,β-unsaturated/α-hetero) is 1. The number of hydrogen-bond donors (Lipinski definition) is 0. The molecule has 3 heteroatoms. The lowest BCUT2D eigenvalue weighted by Crippen LogP contribution is -2.29. The van der Waals surface area contributed by atoms with Crippen molar-refractivity contribution in [2.75, 3.05) is 33.4 Å². The molecule has 0 N–H and O–H groups in total. The van der Waals surface area contributed by atoms with Crippen LogP contribution >= 0.6 is 0 Å². The van der Waals surface area contributed by atoms with Crippen molar-refractivity contribution in [3.63, 3.8) is 0 Å². The minimum atomic E-state index is 0.160. The van der Waals surface area contributed by atoms with Gasteiger partial charge in [0.2, 0.25) is 0 Å². The second-order valence-corrected chi connectivity index (χ2v) is 4.23. The smallest absolute Gasteiger partial charge is 0.176 e. The largest absolute Gasteiger partial charge is 0.380 e. The number of benzene rings is 1. The quantitative estimate of drug-likeness (QED) is 0.535. The highest BCUT2D eigenvalue weighted by atomic mass is 16.5. The van der Waals surface area contributed by atoms with Crippen molar-refractivity contribution in [3.05, 3.63) is 35.4 Å². The molecule has 1 aromatic carbocycles. The van der Waals surface area contributed by atoms with Crippen LogP contribution in [0.2, 0.25) is 0 Å². The van der Waals surface area contributed by atoms with Gasteiger partial charge in [-0.3, -0.25) is 9.69 Å². The van der Waals surface area contributed by atoms with Gasteiger partial charge in [0.05, 0.1) is 13.2 Å². The Morgan fingerprint density at radius 1 is 1.41 bits per heavy atom. The van der Waals surface area contributed by atoms with Crippen molar-refractivity contribution in [3.8, 4) is 0 Å². The molecule has 0 aromatic heterocycles. The van der Waals surface area contributed by atoms with Gasteiger partial charge in [-0.15, -0.1) is 0 Å². The number of ketones is 1. The third-order valence-electron chi connectivity index (χ3n) is 2.58. The fraction of sp³-hybridized carbons (Fsp3) is 0.500. The van der Waals surface area contributed by atoms with Crippen LogP contribution in [0.5, 0.6) is 0 Å². The normalized spacial score (nSPS) is 10.8. The number of rotatable bonds is 7. The molecule has 94 valence electrons. The summed E-state index contributed by atoms with van der Waals surface area (Å²) in [6.45, 7) is 6.59. The fourth-order valence-electron chi connectivity index (χ4n) is 1.60. The van der Waals surface area contributed by atoms with Crippen LogP contribution in [-0.4, -0.2) is 44.0 Å². The Morgan fingerprint density at radius 2 is 2.18 bits per heavy atom. The predicted octanol–water partition coefficient (Wildman–Crippen LogP) is 2.15. The Morgan fingerprint density at radius 3 is 2.82 bits per heavy atom. The number of carbonyl (C=O) groups excluding carboxylic acids is 1. The Labute approximate surface area is 103 Å². The van der Waals surface area contributed by atoms with Crippen LogP contribution < -0.4 is 0 Å². The molecule has 0 atom stereocenters. The van der Waals surface area contributed by atoms with E-state index in [4.69, 9.17) is 4.74 Å². The summed E-state index contributed by atoms with van der Waals surface area (Å²) in [5.41, 5.74) is 1.90. The van der Waals surface area contributed by atoms with E-state index in [2.05, 4.69) is 0 Å². The first-order valence-electron chi connectivity index (χ1n) is 5.99. The molecule has 0 aliphatic carbocycles. The molecule has 0 radical (unpaired) electrons. The van der Waals surface area contributed by atoms with E-state index in [0.717, 1.165) is 24.3 Å². The van der Waals surface area contributed by atoms with Gasteiger partial charge in [0.1, 0.15) is 0 Å². The molecule has 1 aromatic rings. The molecule has 0 heterocycles. The van der Waals surface area contributed by atoms with E-state index in [-0.39, 0.29) is 5.78 Å². The first kappa shape index (κ1) is 13.9. The van der Waals surface area contributed by atoms with Crippen LogP contribution in [0.25, 0.3) is 0 Å². The topological polar surface area (TPSA) is 29.5 Å². The van der Waals surface area contributed by atoms with Gasteiger partial charge in [0.15, 0.2) is 5.78 Å². The molecule has 0 aliphatic heterocycles. The number of carbonyl (C=O) groups is 1. The number of hydrogen-bond acceptors (Lipinski definition) is 3. The molecule has 0 saturated heterocycles. The Kier molecular flexibility index (Phi) is 5.87. The van der Waals surface area contributed by atoms with Crippen LogP contribution in [0.3, 0.4) is 0 Å². The summed E-state index contributed by atoms with van der Waals surface area (Å²) in [4.78, 5) is 13.9. The Hall–Kier alpha value is -1.19. The first-order valence-corrected chi connectivity index (χ1v) is 5.99. The van der Waals surface area contributed by atoms with Gasteiger partial charge in [-0.2, -0.15) is 0 Å². The van der Waals surface area contributed by atoms with Gasteiger partial charge < -0.3 is 4.74 Å². The second kappa shape index (κ2) is 7.20. The predicted molar refractivity (Wildman–Crippen MR) is 69.5 cm³/mol. The molecule has 0 saturated carbocycles. The van der Waals surface area contributed by atoms with Crippen LogP contribution in [0.1, 0.15) is 22.8 Å². The SMILES string of the molecule is CCOCCN(C)CC(=O)c1cccc(C)c1. The minimum absolute atomic E-state index is 0.160. The summed E-state index contributed by atoms with van der Waals surface area (Å²) in [7, 11) is 1.94. The first-order chi connectivity index (χ1) is 8.13. The van der Waals surface area contributed by atoms with Crippen molar-refractivity contribution in [1.82, 2.24) is 4.90 Å². The lowest BCUT2D eigenvalue weighted by molar-refractivity contribution is 0.0896. The molecule has 17 heavy (non-hydrogen) atoms.